The summed E-state index contributed by atoms with van der Waals surface area (Å²) < 4.78 is 2.53. The average molecular weight is 395 g/mol. The van der Waals surface area contributed by atoms with Crippen molar-refractivity contribution in [1.29, 1.82) is 0 Å². The van der Waals surface area contributed by atoms with Crippen molar-refractivity contribution in [3.05, 3.63) is 35.5 Å². The highest BCUT2D eigenvalue weighted by atomic mass is 15.2. The van der Waals surface area contributed by atoms with E-state index in [1.807, 2.05) is 13.8 Å². The zero-order valence-corrected chi connectivity index (χ0v) is 19.8. The maximum Gasteiger partial charge on any atom is 0.0591 e. The van der Waals surface area contributed by atoms with Gasteiger partial charge in [-0.15, -0.1) is 0 Å². The van der Waals surface area contributed by atoms with Crippen LogP contribution in [0.1, 0.15) is 72.1 Å². The van der Waals surface area contributed by atoms with Crippen LogP contribution in [0.2, 0.25) is 0 Å². The van der Waals surface area contributed by atoms with Crippen LogP contribution in [0.15, 0.2) is 24.3 Å². The molecule has 1 saturated heterocycles. The lowest BCUT2D eigenvalue weighted by molar-refractivity contribution is -0.0777. The van der Waals surface area contributed by atoms with E-state index in [0.29, 0.717) is 0 Å². The normalized spacial score (nSPS) is 36.6. The topological polar surface area (TPSA) is 8.17 Å². The van der Waals surface area contributed by atoms with E-state index >= 15 is 0 Å². The van der Waals surface area contributed by atoms with E-state index in [1.54, 1.807) is 11.3 Å². The fourth-order valence-corrected chi connectivity index (χ4v) is 7.44. The molecule has 4 unspecified atom stereocenters. The fraction of sp³-hybridized carbons (Fsp3) is 0.704. The van der Waals surface area contributed by atoms with Gasteiger partial charge in [-0.3, -0.25) is 4.90 Å². The number of hydrogen-bond acceptors (Lipinski definition) is 1. The third-order valence-corrected chi connectivity index (χ3v) is 9.12. The van der Waals surface area contributed by atoms with Gasteiger partial charge in [0, 0.05) is 36.7 Å². The summed E-state index contributed by atoms with van der Waals surface area (Å²) in [7, 11) is 2.31. The van der Waals surface area contributed by atoms with Crippen molar-refractivity contribution in [3.8, 4) is 0 Å². The Bertz CT molecular complexity index is 865. The molecule has 2 fully saturated rings. The molecule has 2 heteroatoms. The second kappa shape index (κ2) is 7.76. The number of rotatable bonds is 1. The van der Waals surface area contributed by atoms with E-state index in [-0.39, 0.29) is 5.54 Å². The van der Waals surface area contributed by atoms with Gasteiger partial charge in [0.05, 0.1) is 5.54 Å². The first-order valence-electron chi connectivity index (χ1n) is 12.3. The minimum atomic E-state index is 0.204. The second-order valence-electron chi connectivity index (χ2n) is 10.1. The summed E-state index contributed by atoms with van der Waals surface area (Å²) in [6.45, 7) is 16.6. The molecule has 2 aliphatic heterocycles. The molecule has 160 valence electrons. The van der Waals surface area contributed by atoms with Crippen LogP contribution in [0, 0.1) is 29.6 Å². The molecule has 6 atom stereocenters. The molecule has 1 saturated carbocycles. The van der Waals surface area contributed by atoms with Crippen molar-refractivity contribution >= 4 is 10.9 Å². The van der Waals surface area contributed by atoms with Crippen molar-refractivity contribution in [3.63, 3.8) is 0 Å². The second-order valence-corrected chi connectivity index (χ2v) is 10.1. The summed E-state index contributed by atoms with van der Waals surface area (Å²) >= 11 is 0. The van der Waals surface area contributed by atoms with E-state index in [9.17, 15) is 0 Å². The van der Waals surface area contributed by atoms with Gasteiger partial charge in [0.1, 0.15) is 0 Å². The van der Waals surface area contributed by atoms with Crippen molar-refractivity contribution < 1.29 is 0 Å². The van der Waals surface area contributed by atoms with E-state index in [0.717, 1.165) is 29.6 Å². The van der Waals surface area contributed by atoms with Crippen LogP contribution in [0.4, 0.5) is 0 Å². The maximum absolute atomic E-state index is 2.87. The zero-order chi connectivity index (χ0) is 20.9. The summed E-state index contributed by atoms with van der Waals surface area (Å²) in [5.41, 5.74) is 4.87. The Labute approximate surface area is 178 Å². The third kappa shape index (κ3) is 3.00. The Morgan fingerprint density at radius 1 is 1.10 bits per heavy atom. The van der Waals surface area contributed by atoms with Crippen LogP contribution in [-0.2, 0) is 19.0 Å². The van der Waals surface area contributed by atoms with E-state index in [1.165, 1.54) is 49.7 Å². The molecule has 0 spiro atoms. The van der Waals surface area contributed by atoms with Gasteiger partial charge in [-0.25, -0.2) is 0 Å². The number of benzene rings is 1. The van der Waals surface area contributed by atoms with E-state index in [4.69, 9.17) is 0 Å². The van der Waals surface area contributed by atoms with Crippen LogP contribution in [0.5, 0.6) is 0 Å². The molecule has 1 aromatic carbocycles. The van der Waals surface area contributed by atoms with Crippen molar-refractivity contribution in [2.24, 2.45) is 36.6 Å². The summed E-state index contributed by atoms with van der Waals surface area (Å²) in [5, 5.41) is 1.49. The molecule has 29 heavy (non-hydrogen) atoms. The van der Waals surface area contributed by atoms with E-state index < -0.39 is 0 Å². The van der Waals surface area contributed by atoms with Gasteiger partial charge in [-0.1, -0.05) is 59.2 Å². The highest BCUT2D eigenvalue weighted by Gasteiger charge is 2.52. The van der Waals surface area contributed by atoms with Crippen molar-refractivity contribution in [2.75, 3.05) is 13.1 Å². The number of hydrogen-bond donors (Lipinski definition) is 0. The van der Waals surface area contributed by atoms with Gasteiger partial charge in [-0.2, -0.15) is 0 Å². The van der Waals surface area contributed by atoms with Crippen LogP contribution in [0.25, 0.3) is 10.9 Å². The molecule has 0 amide bonds. The first-order valence-corrected chi connectivity index (χ1v) is 12.3. The zero-order valence-electron chi connectivity index (χ0n) is 19.8. The molecule has 1 aliphatic carbocycles. The molecule has 3 heterocycles. The first kappa shape index (κ1) is 21.0. The van der Waals surface area contributed by atoms with Gasteiger partial charge in [0.15, 0.2) is 0 Å². The lowest BCUT2D eigenvalue weighted by Crippen LogP contribution is -2.59. The largest absolute Gasteiger partial charge is 0.346 e. The molecule has 2 nitrogen and oxygen atoms in total. The molecule has 2 aromatic rings. The Morgan fingerprint density at radius 2 is 1.83 bits per heavy atom. The summed E-state index contributed by atoms with van der Waals surface area (Å²) in [6.07, 6.45) is 5.38. The highest BCUT2D eigenvalue weighted by molar-refractivity contribution is 5.86. The Morgan fingerprint density at radius 3 is 2.55 bits per heavy atom. The van der Waals surface area contributed by atoms with Gasteiger partial charge in [-0.05, 0) is 67.4 Å². The monoisotopic (exact) mass is 394 g/mol. The van der Waals surface area contributed by atoms with Crippen LogP contribution in [-0.4, -0.2) is 22.6 Å². The Kier molecular flexibility index (Phi) is 5.61. The minimum Gasteiger partial charge on any atom is -0.346 e. The van der Waals surface area contributed by atoms with Gasteiger partial charge in [0.25, 0.3) is 0 Å². The molecule has 3 aliphatic rings. The molecule has 1 aromatic heterocycles. The molecule has 5 rings (SSSR count). The standard InChI is InChI=1S/C25H36N2.C2H6/c1-6-18-13-19-15-27-12-11-21-20-9-7-8-10-23(20)26(5)24(21)25(27,4)14-22(19)17(3)16(18)2;1-2/h7-10,16-19,22H,6,11-15H2,1-5H3;1-2H3/t16?,17-,18?,19?,22?,25-;/m0./s1. The molecular formula is C27H42N2. The molecule has 0 N–H and O–H groups in total. The van der Waals surface area contributed by atoms with Crippen LogP contribution in [0.3, 0.4) is 0 Å². The summed E-state index contributed by atoms with van der Waals surface area (Å²) in [5.74, 6) is 4.46. The number of aromatic nitrogens is 1. The fourth-order valence-electron chi connectivity index (χ4n) is 7.44. The van der Waals surface area contributed by atoms with Crippen LogP contribution < -0.4 is 0 Å². The first-order chi connectivity index (χ1) is 14.0. The summed E-state index contributed by atoms with van der Waals surface area (Å²) in [6, 6.07) is 9.06. The SMILES string of the molecule is CC.CCC1CC2CN3CCc4c(n(C)c5ccccc45)[C@]3(C)CC2[C@@H](C)C1C. The third-order valence-electron chi connectivity index (χ3n) is 9.12. The number of aryl methyl sites for hydroxylation is 1. The number of nitrogens with zero attached hydrogens (tertiary/aromatic N) is 2. The Hall–Kier alpha value is -1.28. The molecule has 0 radical (unpaired) electrons. The van der Waals surface area contributed by atoms with Gasteiger partial charge >= 0.3 is 0 Å². The Balaban J connectivity index is 0.000000994. The van der Waals surface area contributed by atoms with Crippen molar-refractivity contribution in [1.82, 2.24) is 9.47 Å². The average Bonchev–Trinajstić information content (AvgIpc) is 3.05. The van der Waals surface area contributed by atoms with Crippen molar-refractivity contribution in [2.45, 2.75) is 72.8 Å². The number of piperidine rings is 1. The van der Waals surface area contributed by atoms with Gasteiger partial charge in [0.2, 0.25) is 0 Å². The predicted octanol–water partition coefficient (Wildman–Crippen LogP) is 6.62. The molecule has 0 bridgehead atoms. The number of fused-ring (bicyclic) bond motifs is 6. The predicted molar refractivity (Wildman–Crippen MR) is 125 cm³/mol. The molecular weight excluding hydrogens is 352 g/mol. The summed E-state index contributed by atoms with van der Waals surface area (Å²) in [4.78, 5) is 2.87. The number of para-hydroxylation sites is 1. The smallest absolute Gasteiger partial charge is 0.0591 e. The van der Waals surface area contributed by atoms with Gasteiger partial charge < -0.3 is 4.57 Å². The minimum absolute atomic E-state index is 0.204. The lowest BCUT2D eigenvalue weighted by Gasteiger charge is -2.58. The quantitative estimate of drug-likeness (QED) is 0.528. The van der Waals surface area contributed by atoms with E-state index in [2.05, 4.69) is 68.5 Å². The van der Waals surface area contributed by atoms with Crippen LogP contribution >= 0.6 is 0 Å². The lowest BCUT2D eigenvalue weighted by atomic mass is 9.57. The highest BCUT2D eigenvalue weighted by Crippen LogP contribution is 2.55. The maximum atomic E-state index is 2.87.